The highest BCUT2D eigenvalue weighted by molar-refractivity contribution is 7.89. The van der Waals surface area contributed by atoms with Crippen LogP contribution in [0.3, 0.4) is 0 Å². The largest absolute Gasteiger partial charge is 0.243 e. The molecule has 1 aliphatic heterocycles. The highest BCUT2D eigenvalue weighted by atomic mass is 32.2. The molecule has 142 valence electrons. The standard InChI is InChI=1S/C17H28N2O4S2/c1-5-18(6-2)24(20,21)16-7-9-17(10-8-16)25(22,23)19-12-14(3)11-15(4)13-19/h7-10,14-15H,5-6,11-13H2,1-4H3/t14-,15-/m1/s1. The maximum absolute atomic E-state index is 12.9. The van der Waals surface area contributed by atoms with E-state index in [4.69, 9.17) is 0 Å². The van der Waals surface area contributed by atoms with E-state index in [1.54, 1.807) is 13.8 Å². The van der Waals surface area contributed by atoms with E-state index < -0.39 is 20.0 Å². The van der Waals surface area contributed by atoms with Crippen molar-refractivity contribution in [1.82, 2.24) is 8.61 Å². The summed E-state index contributed by atoms with van der Waals surface area (Å²) in [5, 5.41) is 0. The van der Waals surface area contributed by atoms with E-state index in [0.29, 0.717) is 38.0 Å². The van der Waals surface area contributed by atoms with Crippen LogP contribution in [0.4, 0.5) is 0 Å². The number of hydrogen-bond donors (Lipinski definition) is 0. The molecule has 1 fully saturated rings. The quantitative estimate of drug-likeness (QED) is 0.750. The summed E-state index contributed by atoms with van der Waals surface area (Å²) in [7, 11) is -7.18. The molecule has 25 heavy (non-hydrogen) atoms. The molecule has 0 amide bonds. The zero-order valence-corrected chi connectivity index (χ0v) is 17.0. The highest BCUT2D eigenvalue weighted by Crippen LogP contribution is 2.27. The second-order valence-electron chi connectivity index (χ2n) is 6.83. The number of rotatable bonds is 6. The lowest BCUT2D eigenvalue weighted by Gasteiger charge is -2.34. The SMILES string of the molecule is CCN(CC)S(=O)(=O)c1ccc(S(=O)(=O)N2C[C@H](C)C[C@@H](C)C2)cc1. The average Bonchev–Trinajstić information content (AvgIpc) is 2.55. The van der Waals surface area contributed by atoms with Crippen LogP contribution in [0.15, 0.2) is 34.1 Å². The molecule has 8 heteroatoms. The summed E-state index contributed by atoms with van der Waals surface area (Å²) >= 11 is 0. The van der Waals surface area contributed by atoms with Gasteiger partial charge < -0.3 is 0 Å². The molecule has 0 saturated carbocycles. The number of nitrogens with zero attached hydrogens (tertiary/aromatic N) is 2. The Morgan fingerprint density at radius 3 is 1.80 bits per heavy atom. The van der Waals surface area contributed by atoms with Crippen LogP contribution in [0.25, 0.3) is 0 Å². The normalized spacial score (nSPS) is 23.1. The Kier molecular flexibility index (Phi) is 6.30. The summed E-state index contributed by atoms with van der Waals surface area (Å²) in [5.74, 6) is 0.640. The lowest BCUT2D eigenvalue weighted by molar-refractivity contribution is 0.222. The fraction of sp³-hybridized carbons (Fsp3) is 0.647. The van der Waals surface area contributed by atoms with E-state index in [9.17, 15) is 16.8 Å². The molecule has 1 aromatic rings. The van der Waals surface area contributed by atoms with Gasteiger partial charge in [-0.3, -0.25) is 0 Å². The van der Waals surface area contributed by atoms with Crippen molar-refractivity contribution in [2.75, 3.05) is 26.2 Å². The van der Waals surface area contributed by atoms with E-state index in [0.717, 1.165) is 6.42 Å². The minimum Gasteiger partial charge on any atom is -0.207 e. The van der Waals surface area contributed by atoms with Crippen molar-refractivity contribution in [2.24, 2.45) is 11.8 Å². The van der Waals surface area contributed by atoms with Gasteiger partial charge in [0.2, 0.25) is 20.0 Å². The lowest BCUT2D eigenvalue weighted by Crippen LogP contribution is -2.42. The zero-order chi connectivity index (χ0) is 18.8. The van der Waals surface area contributed by atoms with Crippen LogP contribution >= 0.6 is 0 Å². The smallest absolute Gasteiger partial charge is 0.207 e. The molecule has 0 unspecified atom stereocenters. The summed E-state index contributed by atoms with van der Waals surface area (Å²) in [5.41, 5.74) is 0. The molecule has 6 nitrogen and oxygen atoms in total. The highest BCUT2D eigenvalue weighted by Gasteiger charge is 2.32. The molecule has 0 aromatic heterocycles. The lowest BCUT2D eigenvalue weighted by atomic mass is 9.94. The van der Waals surface area contributed by atoms with E-state index >= 15 is 0 Å². The molecular formula is C17H28N2O4S2. The van der Waals surface area contributed by atoms with Crippen molar-refractivity contribution >= 4 is 20.0 Å². The molecule has 1 heterocycles. The molecule has 1 aliphatic rings. The summed E-state index contributed by atoms with van der Waals surface area (Å²) < 4.78 is 53.6. The summed E-state index contributed by atoms with van der Waals surface area (Å²) in [4.78, 5) is 0.267. The second kappa shape index (κ2) is 7.73. The maximum atomic E-state index is 12.9. The number of hydrogen-bond acceptors (Lipinski definition) is 4. The van der Waals surface area contributed by atoms with Crippen molar-refractivity contribution in [1.29, 1.82) is 0 Å². The summed E-state index contributed by atoms with van der Waals surface area (Å²) in [6.07, 6.45) is 1.02. The Morgan fingerprint density at radius 1 is 0.920 bits per heavy atom. The number of piperidine rings is 1. The van der Waals surface area contributed by atoms with Gasteiger partial charge in [-0.1, -0.05) is 27.7 Å². The van der Waals surface area contributed by atoms with Crippen molar-refractivity contribution < 1.29 is 16.8 Å². The fourth-order valence-corrected chi connectivity index (χ4v) is 6.58. The Morgan fingerprint density at radius 2 is 1.36 bits per heavy atom. The Balaban J connectivity index is 2.30. The van der Waals surface area contributed by atoms with Crippen LogP contribution in [0.5, 0.6) is 0 Å². The van der Waals surface area contributed by atoms with Crippen LogP contribution in [0.1, 0.15) is 34.1 Å². The van der Waals surface area contributed by atoms with Gasteiger partial charge >= 0.3 is 0 Å². The van der Waals surface area contributed by atoms with Gasteiger partial charge in [-0.15, -0.1) is 0 Å². The molecule has 2 atom stereocenters. The molecule has 0 aliphatic carbocycles. The minimum absolute atomic E-state index is 0.121. The molecule has 2 rings (SSSR count). The first-order valence-electron chi connectivity index (χ1n) is 8.73. The first kappa shape index (κ1) is 20.4. The van der Waals surface area contributed by atoms with Gasteiger partial charge in [-0.05, 0) is 42.5 Å². The molecule has 0 N–H and O–H groups in total. The van der Waals surface area contributed by atoms with E-state index in [1.807, 2.05) is 0 Å². The Bertz CT molecular complexity index is 774. The van der Waals surface area contributed by atoms with Gasteiger partial charge in [0.25, 0.3) is 0 Å². The molecule has 0 radical (unpaired) electrons. The Labute approximate surface area is 151 Å². The topological polar surface area (TPSA) is 74.8 Å². The van der Waals surface area contributed by atoms with Crippen LogP contribution < -0.4 is 0 Å². The van der Waals surface area contributed by atoms with Crippen LogP contribution in [-0.2, 0) is 20.0 Å². The second-order valence-corrected chi connectivity index (χ2v) is 10.7. The molecule has 1 saturated heterocycles. The predicted molar refractivity (Wildman–Crippen MR) is 98.3 cm³/mol. The monoisotopic (exact) mass is 388 g/mol. The first-order chi connectivity index (χ1) is 11.6. The Hall–Kier alpha value is -0.960. The van der Waals surface area contributed by atoms with Crippen molar-refractivity contribution in [3.05, 3.63) is 24.3 Å². The van der Waals surface area contributed by atoms with Gasteiger partial charge in [-0.2, -0.15) is 8.61 Å². The van der Waals surface area contributed by atoms with Gasteiger partial charge in [0.05, 0.1) is 9.79 Å². The number of sulfonamides is 2. The predicted octanol–water partition coefficient (Wildman–Crippen LogP) is 2.38. The molecular weight excluding hydrogens is 360 g/mol. The maximum Gasteiger partial charge on any atom is 0.243 e. The average molecular weight is 389 g/mol. The van der Waals surface area contributed by atoms with Crippen molar-refractivity contribution in [3.8, 4) is 0 Å². The van der Waals surface area contributed by atoms with Crippen LogP contribution in [0.2, 0.25) is 0 Å². The first-order valence-corrected chi connectivity index (χ1v) is 11.6. The third-order valence-corrected chi connectivity index (χ3v) is 8.55. The van der Waals surface area contributed by atoms with Gasteiger partial charge in [-0.25, -0.2) is 16.8 Å². The molecule has 0 bridgehead atoms. The number of benzene rings is 1. The third-order valence-electron chi connectivity index (χ3n) is 4.64. The summed E-state index contributed by atoms with van der Waals surface area (Å²) in [6, 6.07) is 5.57. The third kappa shape index (κ3) is 4.24. The van der Waals surface area contributed by atoms with Crippen LogP contribution in [0, 0.1) is 11.8 Å². The van der Waals surface area contributed by atoms with Crippen LogP contribution in [-0.4, -0.2) is 51.6 Å². The molecule has 1 aromatic carbocycles. The zero-order valence-electron chi connectivity index (χ0n) is 15.3. The van der Waals surface area contributed by atoms with Gasteiger partial charge in [0.15, 0.2) is 0 Å². The van der Waals surface area contributed by atoms with E-state index in [2.05, 4.69) is 13.8 Å². The molecule has 0 spiro atoms. The van der Waals surface area contributed by atoms with Crippen molar-refractivity contribution in [2.45, 2.75) is 43.9 Å². The summed E-state index contributed by atoms with van der Waals surface area (Å²) in [6.45, 7) is 9.43. The van der Waals surface area contributed by atoms with Gasteiger partial charge in [0, 0.05) is 26.2 Å². The van der Waals surface area contributed by atoms with E-state index in [1.165, 1.54) is 32.9 Å². The minimum atomic E-state index is -3.60. The van der Waals surface area contributed by atoms with Crippen molar-refractivity contribution in [3.63, 3.8) is 0 Å². The van der Waals surface area contributed by atoms with E-state index in [-0.39, 0.29) is 9.79 Å². The van der Waals surface area contributed by atoms with Gasteiger partial charge in [0.1, 0.15) is 0 Å². The fourth-order valence-electron chi connectivity index (χ4n) is 3.45.